The number of benzene rings is 7. The lowest BCUT2D eigenvalue weighted by Crippen LogP contribution is -3.07. The zero-order chi connectivity index (χ0) is 42.8. The molecule has 0 bridgehead atoms. The van der Waals surface area contributed by atoms with Crippen LogP contribution in [0.2, 0.25) is 0 Å². The first-order valence-corrected chi connectivity index (χ1v) is 25.9. The van der Waals surface area contributed by atoms with Gasteiger partial charge in [-0.3, -0.25) is 4.98 Å². The average molecular weight is 855 g/mol. The van der Waals surface area contributed by atoms with Crippen LogP contribution >= 0.6 is 0 Å². The highest BCUT2D eigenvalue weighted by Crippen LogP contribution is 2.48. The molecule has 0 spiro atoms. The Bertz CT molecular complexity index is 2850. The summed E-state index contributed by atoms with van der Waals surface area (Å²) in [7, 11) is -6.68. The number of nitrogens with zero attached hydrogens (tertiary/aromatic N) is 4. The maximum Gasteiger partial charge on any atom is 0.318 e. The van der Waals surface area contributed by atoms with Crippen molar-refractivity contribution in [2.24, 2.45) is 0 Å². The predicted molar refractivity (Wildman–Crippen MR) is 271 cm³/mol. The topological polar surface area (TPSA) is 32.3 Å². The summed E-state index contributed by atoms with van der Waals surface area (Å²) in [4.78, 5) is 11.0. The van der Waals surface area contributed by atoms with Gasteiger partial charge in [-0.25, -0.2) is 4.98 Å². The summed E-state index contributed by atoms with van der Waals surface area (Å²) in [5.74, 6) is 0.140. The SMILES string of the molecule is C1=CCC(c2cc(N3[Si](c4ccccc4)(c4ccccc4)N(c4cc(-c5ccccc5)nc(-c5ccccc5)c4)[Si]3(c3ccccc3)c3ccccc3)cc(-c3ccccc3)n2)C=C1. The van der Waals surface area contributed by atoms with Crippen molar-refractivity contribution in [2.45, 2.75) is 12.3 Å². The van der Waals surface area contributed by atoms with E-state index >= 15 is 0 Å². The largest absolute Gasteiger partial charge is 0.378 e. The highest BCUT2D eigenvalue weighted by molar-refractivity contribution is 7.38. The zero-order valence-corrected chi connectivity index (χ0v) is 37.4. The lowest BCUT2D eigenvalue weighted by atomic mass is 9.96. The molecule has 0 N–H and O–H groups in total. The van der Waals surface area contributed by atoms with Crippen LogP contribution in [0.1, 0.15) is 18.0 Å². The third-order valence-corrected chi connectivity index (χ3v) is 24.8. The number of hydrogen-bond donors (Lipinski definition) is 0. The van der Waals surface area contributed by atoms with Gasteiger partial charge in [0.25, 0.3) is 0 Å². The van der Waals surface area contributed by atoms with Crippen molar-refractivity contribution in [1.82, 2.24) is 9.97 Å². The maximum atomic E-state index is 5.52. The number of anilines is 2. The Hall–Kier alpha value is -7.65. The van der Waals surface area contributed by atoms with Crippen molar-refractivity contribution in [3.63, 3.8) is 0 Å². The number of allylic oxidation sites excluding steroid dienone is 4. The Morgan fingerprint density at radius 2 is 0.688 bits per heavy atom. The smallest absolute Gasteiger partial charge is 0.318 e. The minimum absolute atomic E-state index is 0.140. The highest BCUT2D eigenvalue weighted by Gasteiger charge is 2.75. The fraction of sp³-hybridized carbons (Fsp3) is 0.0345. The van der Waals surface area contributed by atoms with Gasteiger partial charge < -0.3 is 8.46 Å². The molecule has 7 aromatic carbocycles. The fourth-order valence-electron chi connectivity index (χ4n) is 9.99. The molecule has 0 radical (unpaired) electrons. The normalized spacial score (nSPS) is 16.0. The van der Waals surface area contributed by atoms with Crippen molar-refractivity contribution < 1.29 is 0 Å². The Balaban J connectivity index is 1.32. The molecule has 1 fully saturated rings. The molecule has 64 heavy (non-hydrogen) atoms. The van der Waals surface area contributed by atoms with Crippen molar-refractivity contribution in [2.75, 3.05) is 8.46 Å². The Kier molecular flexibility index (Phi) is 10.4. The lowest BCUT2D eigenvalue weighted by molar-refractivity contribution is 0.817. The van der Waals surface area contributed by atoms with Gasteiger partial charge in [0.15, 0.2) is 0 Å². The van der Waals surface area contributed by atoms with E-state index in [4.69, 9.17) is 9.97 Å². The molecule has 2 aromatic heterocycles. The first-order chi connectivity index (χ1) is 31.7. The van der Waals surface area contributed by atoms with Crippen LogP contribution < -0.4 is 29.2 Å². The van der Waals surface area contributed by atoms with Crippen LogP contribution in [0, 0.1) is 0 Å². The zero-order valence-electron chi connectivity index (χ0n) is 35.4. The summed E-state index contributed by atoms with van der Waals surface area (Å²) >= 11 is 0. The minimum atomic E-state index is -3.34. The van der Waals surface area contributed by atoms with Gasteiger partial charge in [-0.15, -0.1) is 0 Å². The van der Waals surface area contributed by atoms with Crippen LogP contribution in [0.15, 0.2) is 261 Å². The molecule has 1 saturated heterocycles. The van der Waals surface area contributed by atoms with E-state index in [9.17, 15) is 0 Å². The Morgan fingerprint density at radius 1 is 0.359 bits per heavy atom. The molecular weight excluding hydrogens is 809 g/mol. The summed E-state index contributed by atoms with van der Waals surface area (Å²) in [6.07, 6.45) is 9.81. The Labute approximate surface area is 378 Å². The van der Waals surface area contributed by atoms with Gasteiger partial charge in [0.1, 0.15) is 0 Å². The van der Waals surface area contributed by atoms with Gasteiger partial charge in [0, 0.05) is 34.0 Å². The lowest BCUT2D eigenvalue weighted by Gasteiger charge is -2.73. The van der Waals surface area contributed by atoms with E-state index < -0.39 is 16.8 Å². The minimum Gasteiger partial charge on any atom is -0.378 e. The standard InChI is InChI=1S/C58H46N4Si2/c1-9-25-45(26-10-1)55-41-49(42-56(59-55)46-27-11-2-12-28-46)61-63(51-33-17-5-18-34-51,52-35-19-6-20-36-52)62(64(61,53-37-21-7-22-38-53)54-39-23-8-24-40-54)50-43-57(47-29-13-3-14-30-47)60-58(44-50)48-31-15-4-16-32-48/h1-31,33-44,48H,32H2. The van der Waals surface area contributed by atoms with Gasteiger partial charge in [0.05, 0.1) is 22.8 Å². The second-order valence-electron chi connectivity index (χ2n) is 16.5. The van der Waals surface area contributed by atoms with Crippen molar-refractivity contribution in [1.29, 1.82) is 0 Å². The first-order valence-electron chi connectivity index (χ1n) is 22.1. The number of pyridine rings is 2. The highest BCUT2D eigenvalue weighted by atomic mass is 28.5. The van der Waals surface area contributed by atoms with E-state index in [1.54, 1.807) is 0 Å². The van der Waals surface area contributed by atoms with E-state index in [1.165, 1.54) is 26.4 Å². The van der Waals surface area contributed by atoms with Crippen molar-refractivity contribution in [3.8, 4) is 33.8 Å². The maximum absolute atomic E-state index is 5.52. The van der Waals surface area contributed by atoms with Crippen LogP contribution in [-0.4, -0.2) is 26.8 Å². The molecule has 1 unspecified atom stereocenters. The molecule has 306 valence electrons. The van der Waals surface area contributed by atoms with Gasteiger partial charge in [-0.05, 0) is 51.4 Å². The molecule has 1 aliphatic carbocycles. The first kappa shape index (κ1) is 39.2. The summed E-state index contributed by atoms with van der Waals surface area (Å²) in [5.41, 5.74) is 9.54. The van der Waals surface area contributed by atoms with Gasteiger partial charge in [0.2, 0.25) is 0 Å². The van der Waals surface area contributed by atoms with Crippen LogP contribution in [0.4, 0.5) is 11.4 Å². The molecule has 11 rings (SSSR count). The average Bonchev–Trinajstić information content (AvgIpc) is 3.38. The third kappa shape index (κ3) is 6.67. The summed E-state index contributed by atoms with van der Waals surface area (Å²) < 4.78 is 5.93. The molecule has 1 atom stereocenters. The van der Waals surface area contributed by atoms with Crippen LogP contribution in [0.3, 0.4) is 0 Å². The van der Waals surface area contributed by atoms with E-state index in [0.717, 1.165) is 51.6 Å². The number of rotatable bonds is 10. The second kappa shape index (κ2) is 16.9. The summed E-state index contributed by atoms with van der Waals surface area (Å²) in [6.45, 7) is 0. The van der Waals surface area contributed by atoms with E-state index in [-0.39, 0.29) is 5.92 Å². The van der Waals surface area contributed by atoms with E-state index in [0.29, 0.717) is 0 Å². The van der Waals surface area contributed by atoms with Gasteiger partial charge in [-0.1, -0.05) is 237 Å². The predicted octanol–water partition coefficient (Wildman–Crippen LogP) is 10.9. The molecule has 2 aliphatic rings. The molecule has 9 aromatic rings. The molecule has 4 nitrogen and oxygen atoms in total. The number of aromatic nitrogens is 2. The van der Waals surface area contributed by atoms with Gasteiger partial charge >= 0.3 is 16.8 Å². The fourth-order valence-corrected chi connectivity index (χ4v) is 25.2. The van der Waals surface area contributed by atoms with E-state index in [2.05, 4.69) is 269 Å². The van der Waals surface area contributed by atoms with Crippen LogP contribution in [0.25, 0.3) is 33.8 Å². The summed E-state index contributed by atoms with van der Waals surface area (Å²) in [6, 6.07) is 87.0. The Morgan fingerprint density at radius 3 is 1.03 bits per heavy atom. The molecule has 1 aliphatic heterocycles. The van der Waals surface area contributed by atoms with Crippen molar-refractivity contribution >= 4 is 48.9 Å². The molecule has 6 heteroatoms. The molecule has 3 heterocycles. The molecule has 0 amide bonds. The van der Waals surface area contributed by atoms with Crippen LogP contribution in [0.5, 0.6) is 0 Å². The number of hydrogen-bond acceptors (Lipinski definition) is 4. The third-order valence-electron chi connectivity index (χ3n) is 12.7. The summed E-state index contributed by atoms with van der Waals surface area (Å²) in [5, 5.41) is 5.21. The second-order valence-corrected chi connectivity index (χ2v) is 24.1. The van der Waals surface area contributed by atoms with Gasteiger partial charge in [-0.2, -0.15) is 0 Å². The monoisotopic (exact) mass is 854 g/mol. The van der Waals surface area contributed by atoms with Crippen molar-refractivity contribution in [3.05, 3.63) is 267 Å². The quantitative estimate of drug-likeness (QED) is 0.128. The molecular formula is C58H46N4Si2. The van der Waals surface area contributed by atoms with E-state index in [1.807, 2.05) is 0 Å². The molecule has 0 saturated carbocycles. The van der Waals surface area contributed by atoms with Crippen LogP contribution in [-0.2, 0) is 0 Å².